The number of nitrogens with zero attached hydrogens (tertiary/aromatic N) is 2. The second kappa shape index (κ2) is 6.19. The van der Waals surface area contributed by atoms with E-state index in [1.165, 1.54) is 0 Å². The number of likely N-dealkylation sites (tertiary alicyclic amines) is 1. The standard InChI is InChI=1S/C14H21N5O2/c1-14(13(21)16-2)6-7-19(9-14)8-10-4-3-5-11(17-10)12(20)18-15/h3-5H,6-9,15H2,1-2H3,(H,16,21)(H,18,20). The smallest absolute Gasteiger partial charge is 0.283 e. The Labute approximate surface area is 123 Å². The van der Waals surface area contributed by atoms with Gasteiger partial charge in [-0.05, 0) is 32.0 Å². The van der Waals surface area contributed by atoms with Crippen molar-refractivity contribution in [3.05, 3.63) is 29.6 Å². The maximum atomic E-state index is 11.9. The molecule has 0 spiro atoms. The summed E-state index contributed by atoms with van der Waals surface area (Å²) < 4.78 is 0. The molecule has 1 saturated heterocycles. The van der Waals surface area contributed by atoms with Gasteiger partial charge in [0.1, 0.15) is 5.69 Å². The zero-order chi connectivity index (χ0) is 15.5. The number of pyridine rings is 1. The number of nitrogen functional groups attached to an aromatic ring is 1. The van der Waals surface area contributed by atoms with E-state index >= 15 is 0 Å². The number of hydrogen-bond acceptors (Lipinski definition) is 5. The van der Waals surface area contributed by atoms with Gasteiger partial charge >= 0.3 is 0 Å². The molecule has 1 aliphatic rings. The lowest BCUT2D eigenvalue weighted by Crippen LogP contribution is -2.39. The summed E-state index contributed by atoms with van der Waals surface area (Å²) in [6, 6.07) is 5.26. The van der Waals surface area contributed by atoms with Crippen molar-refractivity contribution in [1.29, 1.82) is 0 Å². The van der Waals surface area contributed by atoms with E-state index in [4.69, 9.17) is 5.84 Å². The number of aromatic nitrogens is 1. The number of nitrogens with one attached hydrogen (secondary N) is 2. The molecule has 0 saturated carbocycles. The topological polar surface area (TPSA) is 100 Å². The predicted octanol–water partition coefficient (Wildman–Crippen LogP) is -0.357. The van der Waals surface area contributed by atoms with Crippen LogP contribution in [0.5, 0.6) is 0 Å². The summed E-state index contributed by atoms with van der Waals surface area (Å²) in [4.78, 5) is 29.8. The molecule has 0 radical (unpaired) electrons. The van der Waals surface area contributed by atoms with Gasteiger partial charge in [0.05, 0.1) is 11.1 Å². The summed E-state index contributed by atoms with van der Waals surface area (Å²) in [5.41, 5.74) is 2.79. The molecule has 7 heteroatoms. The Morgan fingerprint density at radius 1 is 1.48 bits per heavy atom. The van der Waals surface area contributed by atoms with Gasteiger partial charge < -0.3 is 5.32 Å². The molecule has 2 rings (SSSR count). The van der Waals surface area contributed by atoms with E-state index in [1.807, 2.05) is 13.0 Å². The van der Waals surface area contributed by atoms with Crippen molar-refractivity contribution in [2.24, 2.45) is 11.3 Å². The van der Waals surface area contributed by atoms with Crippen LogP contribution in [0.2, 0.25) is 0 Å². The molecule has 21 heavy (non-hydrogen) atoms. The van der Waals surface area contributed by atoms with Crippen LogP contribution in [-0.4, -0.2) is 41.8 Å². The monoisotopic (exact) mass is 291 g/mol. The zero-order valence-corrected chi connectivity index (χ0v) is 12.3. The highest BCUT2D eigenvalue weighted by Gasteiger charge is 2.39. The van der Waals surface area contributed by atoms with Crippen LogP contribution < -0.4 is 16.6 Å². The second-order valence-electron chi connectivity index (χ2n) is 5.59. The molecule has 0 aliphatic carbocycles. The van der Waals surface area contributed by atoms with Crippen molar-refractivity contribution in [2.45, 2.75) is 19.9 Å². The van der Waals surface area contributed by atoms with Crippen molar-refractivity contribution in [1.82, 2.24) is 20.6 Å². The molecule has 1 aromatic rings. The third-order valence-electron chi connectivity index (χ3n) is 3.88. The van der Waals surface area contributed by atoms with Crippen molar-refractivity contribution in [3.63, 3.8) is 0 Å². The largest absolute Gasteiger partial charge is 0.359 e. The molecule has 1 aromatic heterocycles. The average molecular weight is 291 g/mol. The maximum absolute atomic E-state index is 11.9. The number of carbonyl (C=O) groups is 2. The molecule has 2 heterocycles. The molecule has 1 unspecified atom stereocenters. The van der Waals surface area contributed by atoms with Gasteiger partial charge in [0.15, 0.2) is 0 Å². The fourth-order valence-electron chi connectivity index (χ4n) is 2.68. The normalized spacial score (nSPS) is 22.0. The first-order valence-corrected chi connectivity index (χ1v) is 6.90. The van der Waals surface area contributed by atoms with E-state index in [0.29, 0.717) is 18.8 Å². The number of amides is 2. The van der Waals surface area contributed by atoms with Crippen molar-refractivity contribution in [3.8, 4) is 0 Å². The predicted molar refractivity (Wildman–Crippen MR) is 78.0 cm³/mol. The van der Waals surface area contributed by atoms with E-state index in [9.17, 15) is 9.59 Å². The zero-order valence-electron chi connectivity index (χ0n) is 12.3. The minimum atomic E-state index is -0.409. The van der Waals surface area contributed by atoms with Gasteiger partial charge in [-0.15, -0.1) is 0 Å². The van der Waals surface area contributed by atoms with Crippen LogP contribution in [-0.2, 0) is 11.3 Å². The fourth-order valence-corrected chi connectivity index (χ4v) is 2.68. The quantitative estimate of drug-likeness (QED) is 0.400. The first-order valence-electron chi connectivity index (χ1n) is 6.90. The number of hydrogen-bond donors (Lipinski definition) is 3. The molecule has 0 aromatic carbocycles. The number of nitrogens with two attached hydrogens (primary N) is 1. The minimum Gasteiger partial charge on any atom is -0.359 e. The first-order chi connectivity index (χ1) is 9.98. The van der Waals surface area contributed by atoms with E-state index < -0.39 is 5.91 Å². The van der Waals surface area contributed by atoms with Crippen LogP contribution in [0.1, 0.15) is 29.5 Å². The number of rotatable bonds is 4. The summed E-state index contributed by atoms with van der Waals surface area (Å²) in [6.07, 6.45) is 0.815. The van der Waals surface area contributed by atoms with Gasteiger partial charge in [0, 0.05) is 20.1 Å². The van der Waals surface area contributed by atoms with Gasteiger partial charge in [-0.1, -0.05) is 6.07 Å². The van der Waals surface area contributed by atoms with E-state index in [2.05, 4.69) is 20.6 Å². The molecule has 0 bridgehead atoms. The Bertz CT molecular complexity index is 548. The van der Waals surface area contributed by atoms with Gasteiger partial charge in [-0.2, -0.15) is 0 Å². The van der Waals surface area contributed by atoms with Crippen LogP contribution in [0.25, 0.3) is 0 Å². The summed E-state index contributed by atoms with van der Waals surface area (Å²) in [5.74, 6) is 4.76. The van der Waals surface area contributed by atoms with Gasteiger partial charge in [-0.3, -0.25) is 19.9 Å². The third-order valence-corrected chi connectivity index (χ3v) is 3.88. The highest BCUT2D eigenvalue weighted by molar-refractivity contribution is 5.91. The highest BCUT2D eigenvalue weighted by atomic mass is 16.2. The van der Waals surface area contributed by atoms with Crippen molar-refractivity contribution >= 4 is 11.8 Å². The second-order valence-corrected chi connectivity index (χ2v) is 5.59. The lowest BCUT2D eigenvalue weighted by molar-refractivity contribution is -0.129. The molecule has 1 aliphatic heterocycles. The third kappa shape index (κ3) is 3.37. The average Bonchev–Trinajstić information content (AvgIpc) is 2.88. The van der Waals surface area contributed by atoms with Gasteiger partial charge in [0.2, 0.25) is 5.91 Å². The SMILES string of the molecule is CNC(=O)C1(C)CCN(Cc2cccc(C(=O)NN)n2)C1. The Hall–Kier alpha value is -1.99. The number of carbonyl (C=O) groups excluding carboxylic acids is 2. The van der Waals surface area contributed by atoms with Crippen LogP contribution in [0.3, 0.4) is 0 Å². The molecule has 2 amide bonds. The van der Waals surface area contributed by atoms with Crippen LogP contribution in [0.15, 0.2) is 18.2 Å². The van der Waals surface area contributed by atoms with Gasteiger partial charge in [-0.25, -0.2) is 10.8 Å². The molecular formula is C14H21N5O2. The summed E-state index contributed by atoms with van der Waals surface area (Å²) in [6.45, 7) is 4.09. The fraction of sp³-hybridized carbons (Fsp3) is 0.500. The van der Waals surface area contributed by atoms with Crippen molar-refractivity contribution in [2.75, 3.05) is 20.1 Å². The molecule has 1 atom stereocenters. The lowest BCUT2D eigenvalue weighted by Gasteiger charge is -2.22. The van der Waals surface area contributed by atoms with E-state index in [1.54, 1.807) is 19.2 Å². The molecule has 4 N–H and O–H groups in total. The Kier molecular flexibility index (Phi) is 4.54. The Morgan fingerprint density at radius 2 is 2.24 bits per heavy atom. The van der Waals surface area contributed by atoms with Crippen LogP contribution in [0.4, 0.5) is 0 Å². The van der Waals surface area contributed by atoms with Gasteiger partial charge in [0.25, 0.3) is 5.91 Å². The Balaban J connectivity index is 2.04. The molecule has 7 nitrogen and oxygen atoms in total. The summed E-state index contributed by atoms with van der Waals surface area (Å²) >= 11 is 0. The number of hydrazine groups is 1. The lowest BCUT2D eigenvalue weighted by atomic mass is 9.89. The Morgan fingerprint density at radius 3 is 2.90 bits per heavy atom. The maximum Gasteiger partial charge on any atom is 0.283 e. The van der Waals surface area contributed by atoms with E-state index in [-0.39, 0.29) is 11.3 Å². The summed E-state index contributed by atoms with van der Waals surface area (Å²) in [5, 5.41) is 2.72. The summed E-state index contributed by atoms with van der Waals surface area (Å²) in [7, 11) is 1.66. The van der Waals surface area contributed by atoms with Crippen LogP contribution in [0, 0.1) is 5.41 Å². The minimum absolute atomic E-state index is 0.0641. The van der Waals surface area contributed by atoms with Crippen LogP contribution >= 0.6 is 0 Å². The molecular weight excluding hydrogens is 270 g/mol. The van der Waals surface area contributed by atoms with Crippen molar-refractivity contribution < 1.29 is 9.59 Å². The first kappa shape index (κ1) is 15.4. The molecule has 1 fully saturated rings. The highest BCUT2D eigenvalue weighted by Crippen LogP contribution is 2.30. The van der Waals surface area contributed by atoms with E-state index in [0.717, 1.165) is 18.7 Å². The molecule has 114 valence electrons.